The Balaban J connectivity index is 1.42. The van der Waals surface area contributed by atoms with Crippen molar-refractivity contribution in [2.24, 2.45) is 5.92 Å². The minimum absolute atomic E-state index is 0.00614. The fourth-order valence-electron chi connectivity index (χ4n) is 3.44. The fourth-order valence-corrected chi connectivity index (χ4v) is 3.44. The number of carbonyl (C=O) groups excluding carboxylic acids is 1. The van der Waals surface area contributed by atoms with Gasteiger partial charge in [-0.05, 0) is 59.4 Å². The second-order valence-electron chi connectivity index (χ2n) is 6.84. The molecule has 2 nitrogen and oxygen atoms in total. The van der Waals surface area contributed by atoms with Crippen LogP contribution < -0.4 is 5.32 Å². The predicted octanol–water partition coefficient (Wildman–Crippen LogP) is 4.96. The monoisotopic (exact) mass is 333 g/mol. The zero-order valence-electron chi connectivity index (χ0n) is 14.1. The van der Waals surface area contributed by atoms with Crippen molar-refractivity contribution in [1.29, 1.82) is 0 Å². The average Bonchev–Trinajstić information content (AvgIpc) is 3.43. The number of carbonyl (C=O) groups is 1. The molecule has 1 aliphatic rings. The largest absolute Gasteiger partial charge is 0.349 e. The molecule has 3 aromatic carbocycles. The maximum atomic E-state index is 13.0. The van der Waals surface area contributed by atoms with E-state index in [0.29, 0.717) is 0 Å². The van der Waals surface area contributed by atoms with E-state index in [0.717, 1.165) is 17.5 Å². The van der Waals surface area contributed by atoms with Gasteiger partial charge >= 0.3 is 0 Å². The first kappa shape index (κ1) is 15.8. The Labute approximate surface area is 146 Å². The number of hydrogen-bond donors (Lipinski definition) is 1. The van der Waals surface area contributed by atoms with Crippen LogP contribution in [0.25, 0.3) is 10.8 Å². The van der Waals surface area contributed by atoms with Crippen LogP contribution in [0.5, 0.6) is 0 Å². The Hall–Kier alpha value is -2.68. The van der Waals surface area contributed by atoms with Crippen LogP contribution in [-0.4, -0.2) is 5.91 Å². The van der Waals surface area contributed by atoms with Gasteiger partial charge in [0.2, 0.25) is 5.91 Å². The van der Waals surface area contributed by atoms with E-state index in [2.05, 4.69) is 35.6 Å². The fraction of sp³-hybridized carbons (Fsp3) is 0.227. The van der Waals surface area contributed by atoms with Crippen LogP contribution in [0.4, 0.5) is 4.39 Å². The molecule has 3 unspecified atom stereocenters. The highest BCUT2D eigenvalue weighted by Crippen LogP contribution is 2.47. The maximum Gasteiger partial charge on any atom is 0.224 e. The Morgan fingerprint density at radius 2 is 1.76 bits per heavy atom. The summed E-state index contributed by atoms with van der Waals surface area (Å²) in [4.78, 5) is 12.5. The van der Waals surface area contributed by atoms with Gasteiger partial charge in [0.15, 0.2) is 0 Å². The lowest BCUT2D eigenvalue weighted by Gasteiger charge is -2.15. The summed E-state index contributed by atoms with van der Waals surface area (Å²) in [5.74, 6) is 0.0445. The zero-order valence-corrected chi connectivity index (χ0v) is 14.1. The molecular weight excluding hydrogens is 313 g/mol. The SMILES string of the molecule is CC(NC(=O)C1CC1c1ccc(F)cc1)c1ccc2ccccc2c1. The first-order valence-corrected chi connectivity index (χ1v) is 8.66. The van der Waals surface area contributed by atoms with Gasteiger partial charge in [0.1, 0.15) is 5.82 Å². The number of amides is 1. The molecule has 25 heavy (non-hydrogen) atoms. The second-order valence-corrected chi connectivity index (χ2v) is 6.84. The smallest absolute Gasteiger partial charge is 0.224 e. The molecule has 3 atom stereocenters. The quantitative estimate of drug-likeness (QED) is 0.718. The Bertz CT molecular complexity index is 919. The molecule has 1 aliphatic carbocycles. The van der Waals surface area contributed by atoms with Crippen LogP contribution in [0.15, 0.2) is 66.7 Å². The van der Waals surface area contributed by atoms with Gasteiger partial charge in [-0.25, -0.2) is 4.39 Å². The van der Waals surface area contributed by atoms with Gasteiger partial charge in [0, 0.05) is 5.92 Å². The molecule has 0 spiro atoms. The number of rotatable bonds is 4. The zero-order chi connectivity index (χ0) is 17.4. The lowest BCUT2D eigenvalue weighted by molar-refractivity contribution is -0.123. The molecule has 0 saturated heterocycles. The first-order valence-electron chi connectivity index (χ1n) is 8.66. The summed E-state index contributed by atoms with van der Waals surface area (Å²) in [6.45, 7) is 2.01. The number of benzene rings is 3. The third-order valence-electron chi connectivity index (χ3n) is 5.06. The van der Waals surface area contributed by atoms with Gasteiger partial charge in [-0.15, -0.1) is 0 Å². The molecule has 4 rings (SSSR count). The van der Waals surface area contributed by atoms with Crippen LogP contribution in [0, 0.1) is 11.7 Å². The Kier molecular flexibility index (Phi) is 4.00. The third-order valence-corrected chi connectivity index (χ3v) is 5.06. The van der Waals surface area contributed by atoms with Crippen molar-refractivity contribution >= 4 is 16.7 Å². The topological polar surface area (TPSA) is 29.1 Å². The summed E-state index contributed by atoms with van der Waals surface area (Å²) in [6.07, 6.45) is 0.835. The minimum Gasteiger partial charge on any atom is -0.349 e. The second kappa shape index (κ2) is 6.32. The number of hydrogen-bond acceptors (Lipinski definition) is 1. The lowest BCUT2D eigenvalue weighted by Crippen LogP contribution is -2.28. The van der Waals surface area contributed by atoms with Gasteiger partial charge in [0.05, 0.1) is 6.04 Å². The van der Waals surface area contributed by atoms with Gasteiger partial charge in [-0.3, -0.25) is 4.79 Å². The van der Waals surface area contributed by atoms with Gasteiger partial charge in [-0.2, -0.15) is 0 Å². The number of fused-ring (bicyclic) bond motifs is 1. The Morgan fingerprint density at radius 3 is 2.52 bits per heavy atom. The normalized spacial score (nSPS) is 20.2. The third kappa shape index (κ3) is 3.27. The van der Waals surface area contributed by atoms with Crippen LogP contribution >= 0.6 is 0 Å². The summed E-state index contributed by atoms with van der Waals surface area (Å²) in [5, 5.41) is 5.50. The van der Waals surface area contributed by atoms with Crippen LogP contribution in [-0.2, 0) is 4.79 Å². The lowest BCUT2D eigenvalue weighted by atomic mass is 10.0. The summed E-state index contributed by atoms with van der Waals surface area (Å²) in [5.41, 5.74) is 2.14. The minimum atomic E-state index is -0.240. The molecule has 1 fully saturated rings. The van der Waals surface area contributed by atoms with Crippen molar-refractivity contribution in [3.63, 3.8) is 0 Å². The van der Waals surface area contributed by atoms with Crippen molar-refractivity contribution < 1.29 is 9.18 Å². The molecule has 0 aromatic heterocycles. The highest BCUT2D eigenvalue weighted by atomic mass is 19.1. The van der Waals surface area contributed by atoms with E-state index in [1.807, 2.05) is 19.1 Å². The van der Waals surface area contributed by atoms with Crippen LogP contribution in [0.2, 0.25) is 0 Å². The van der Waals surface area contributed by atoms with Crippen molar-refractivity contribution in [3.05, 3.63) is 83.7 Å². The van der Waals surface area contributed by atoms with E-state index in [-0.39, 0.29) is 29.6 Å². The average molecular weight is 333 g/mol. The summed E-state index contributed by atoms with van der Waals surface area (Å²) in [6, 6.07) is 20.9. The molecule has 0 heterocycles. The standard InChI is InChI=1S/C22H20FNO/c1-14(17-7-6-15-4-2-3-5-18(15)12-17)24-22(25)21-13-20(21)16-8-10-19(23)11-9-16/h2-12,14,20-21H,13H2,1H3,(H,24,25). The van der Waals surface area contributed by atoms with Gasteiger partial charge < -0.3 is 5.32 Å². The number of nitrogens with one attached hydrogen (secondary N) is 1. The molecule has 0 aliphatic heterocycles. The molecule has 0 bridgehead atoms. The Morgan fingerprint density at radius 1 is 1.04 bits per heavy atom. The summed E-state index contributed by atoms with van der Waals surface area (Å²) < 4.78 is 13.0. The molecule has 1 saturated carbocycles. The van der Waals surface area contributed by atoms with Gasteiger partial charge in [-0.1, -0.05) is 48.5 Å². The van der Waals surface area contributed by atoms with E-state index in [1.165, 1.54) is 22.9 Å². The number of halogens is 1. The highest BCUT2D eigenvalue weighted by Gasteiger charge is 2.44. The molecule has 3 aromatic rings. The van der Waals surface area contributed by atoms with E-state index in [1.54, 1.807) is 12.1 Å². The molecule has 126 valence electrons. The van der Waals surface area contributed by atoms with Crippen LogP contribution in [0.3, 0.4) is 0 Å². The summed E-state index contributed by atoms with van der Waals surface area (Å²) in [7, 11) is 0. The van der Waals surface area contributed by atoms with Crippen molar-refractivity contribution in [3.8, 4) is 0 Å². The molecule has 1 amide bonds. The van der Waals surface area contributed by atoms with Crippen LogP contribution in [0.1, 0.15) is 36.4 Å². The van der Waals surface area contributed by atoms with E-state index in [4.69, 9.17) is 0 Å². The molecule has 1 N–H and O–H groups in total. The highest BCUT2D eigenvalue weighted by molar-refractivity contribution is 5.85. The van der Waals surface area contributed by atoms with E-state index >= 15 is 0 Å². The molecule has 3 heteroatoms. The molecular formula is C22H20FNO. The maximum absolute atomic E-state index is 13.0. The van der Waals surface area contributed by atoms with Gasteiger partial charge in [0.25, 0.3) is 0 Å². The van der Waals surface area contributed by atoms with Crippen molar-refractivity contribution in [2.75, 3.05) is 0 Å². The first-order chi connectivity index (χ1) is 12.1. The van der Waals surface area contributed by atoms with E-state index < -0.39 is 0 Å². The van der Waals surface area contributed by atoms with E-state index in [9.17, 15) is 9.18 Å². The predicted molar refractivity (Wildman–Crippen MR) is 97.8 cm³/mol. The van der Waals surface area contributed by atoms with Crippen molar-refractivity contribution in [2.45, 2.75) is 25.3 Å². The summed E-state index contributed by atoms with van der Waals surface area (Å²) >= 11 is 0. The van der Waals surface area contributed by atoms with Crippen molar-refractivity contribution in [1.82, 2.24) is 5.32 Å². The molecule has 0 radical (unpaired) electrons.